The molecule has 0 spiro atoms. The number of aromatic nitrogens is 3. The second kappa shape index (κ2) is 7.07. The summed E-state index contributed by atoms with van der Waals surface area (Å²) in [6.45, 7) is 6.81. The molecule has 2 atom stereocenters. The molecule has 2 aromatic heterocycles. The van der Waals surface area contributed by atoms with Crippen LogP contribution in [0.3, 0.4) is 0 Å². The number of hydrogen-bond acceptors (Lipinski definition) is 5. The van der Waals surface area contributed by atoms with Gasteiger partial charge in [-0.05, 0) is 36.8 Å². The summed E-state index contributed by atoms with van der Waals surface area (Å²) in [5.41, 5.74) is 2.04. The number of nitrogens with zero attached hydrogens (tertiary/aromatic N) is 4. The first-order valence-corrected chi connectivity index (χ1v) is 9.20. The highest BCUT2D eigenvalue weighted by Gasteiger charge is 2.40. The number of H-pyrrole nitrogens is 1. The Labute approximate surface area is 153 Å². The van der Waals surface area contributed by atoms with Gasteiger partial charge < -0.3 is 19.5 Å². The summed E-state index contributed by atoms with van der Waals surface area (Å²) < 4.78 is 5.25. The van der Waals surface area contributed by atoms with Gasteiger partial charge in [0.25, 0.3) is 0 Å². The number of nitrogens with one attached hydrogen (secondary N) is 1. The monoisotopic (exact) mass is 355 g/mol. The molecule has 0 unspecified atom stereocenters. The third-order valence-corrected chi connectivity index (χ3v) is 5.73. The van der Waals surface area contributed by atoms with Crippen LogP contribution in [0.2, 0.25) is 0 Å². The molecule has 0 saturated carbocycles. The van der Waals surface area contributed by atoms with E-state index in [9.17, 15) is 4.79 Å². The highest BCUT2D eigenvalue weighted by atomic mass is 16.5. The third kappa shape index (κ3) is 2.86. The molecule has 0 aliphatic carbocycles. The average molecular weight is 355 g/mol. The molecule has 2 fully saturated rings. The van der Waals surface area contributed by atoms with Gasteiger partial charge in [-0.15, -0.1) is 0 Å². The van der Waals surface area contributed by atoms with Crippen LogP contribution in [-0.4, -0.2) is 65.2 Å². The van der Waals surface area contributed by atoms with Crippen LogP contribution >= 0.6 is 0 Å². The second-order valence-corrected chi connectivity index (χ2v) is 7.06. The number of carbonyl (C=O) groups excluding carboxylic acids is 1. The lowest BCUT2D eigenvalue weighted by Gasteiger charge is -2.38. The fourth-order valence-corrected chi connectivity index (χ4v) is 4.37. The van der Waals surface area contributed by atoms with Crippen molar-refractivity contribution in [2.24, 2.45) is 5.92 Å². The number of rotatable bonds is 5. The van der Waals surface area contributed by atoms with Gasteiger partial charge in [0.15, 0.2) is 0 Å². The maximum Gasteiger partial charge on any atom is 0.246 e. The van der Waals surface area contributed by atoms with E-state index < -0.39 is 0 Å². The van der Waals surface area contributed by atoms with Gasteiger partial charge in [-0.25, -0.2) is 9.97 Å². The van der Waals surface area contributed by atoms with Gasteiger partial charge in [0.05, 0.1) is 18.0 Å². The van der Waals surface area contributed by atoms with E-state index in [0.29, 0.717) is 18.6 Å². The van der Waals surface area contributed by atoms with Gasteiger partial charge in [0, 0.05) is 32.9 Å². The van der Waals surface area contributed by atoms with E-state index in [4.69, 9.17) is 4.74 Å². The smallest absolute Gasteiger partial charge is 0.246 e. The van der Waals surface area contributed by atoms with Gasteiger partial charge in [-0.2, -0.15) is 0 Å². The van der Waals surface area contributed by atoms with Crippen LogP contribution in [0.4, 0.5) is 5.82 Å². The molecule has 2 aromatic rings. The molecule has 7 heteroatoms. The molecule has 26 heavy (non-hydrogen) atoms. The van der Waals surface area contributed by atoms with Crippen LogP contribution in [0.1, 0.15) is 18.4 Å². The van der Waals surface area contributed by atoms with Crippen molar-refractivity contribution >= 4 is 22.8 Å². The van der Waals surface area contributed by atoms with Crippen LogP contribution in [0.5, 0.6) is 0 Å². The summed E-state index contributed by atoms with van der Waals surface area (Å²) in [6, 6.07) is 0.302. The molecule has 4 rings (SSSR count). The topological polar surface area (TPSA) is 74.4 Å². The number of piperidine rings is 1. The second-order valence-electron chi connectivity index (χ2n) is 7.06. The number of likely N-dealkylation sites (tertiary alicyclic amines) is 1. The van der Waals surface area contributed by atoms with Crippen molar-refractivity contribution in [3.8, 4) is 0 Å². The predicted molar refractivity (Wildman–Crippen MR) is 100 cm³/mol. The van der Waals surface area contributed by atoms with Crippen LogP contribution in [0.25, 0.3) is 11.0 Å². The van der Waals surface area contributed by atoms with Crippen LogP contribution in [0.15, 0.2) is 25.2 Å². The number of carbonyl (C=O) groups is 1. The van der Waals surface area contributed by atoms with Gasteiger partial charge >= 0.3 is 0 Å². The van der Waals surface area contributed by atoms with E-state index in [1.165, 1.54) is 11.6 Å². The number of methoxy groups -OCH3 is 1. The van der Waals surface area contributed by atoms with E-state index in [1.807, 2.05) is 11.1 Å². The third-order valence-electron chi connectivity index (χ3n) is 5.73. The zero-order chi connectivity index (χ0) is 18.1. The van der Waals surface area contributed by atoms with E-state index in [1.54, 1.807) is 13.4 Å². The molecule has 0 radical (unpaired) electrons. The minimum Gasteiger partial charge on any atom is -0.384 e. The molecular weight excluding hydrogens is 330 g/mol. The predicted octanol–water partition coefficient (Wildman–Crippen LogP) is 1.76. The quantitative estimate of drug-likeness (QED) is 0.828. The summed E-state index contributed by atoms with van der Waals surface area (Å²) in [5, 5.41) is 1.08. The Kier molecular flexibility index (Phi) is 4.63. The molecule has 2 aliphatic rings. The summed E-state index contributed by atoms with van der Waals surface area (Å²) >= 11 is 0. The SMILES string of the molecule is C=CC(=O)N1CC[C@@H]2CCN(c3ncnc4[nH]cc(CCOC)c34)[C@@H]2C1. The molecule has 2 saturated heterocycles. The number of hydrogen-bond donors (Lipinski definition) is 1. The van der Waals surface area contributed by atoms with Gasteiger partial charge in [-0.3, -0.25) is 4.79 Å². The number of fused-ring (bicyclic) bond motifs is 2. The first-order valence-electron chi connectivity index (χ1n) is 9.20. The summed E-state index contributed by atoms with van der Waals surface area (Å²) in [5.74, 6) is 1.60. The molecule has 1 amide bonds. The van der Waals surface area contributed by atoms with Crippen molar-refractivity contribution in [1.82, 2.24) is 19.9 Å². The highest BCUT2D eigenvalue weighted by molar-refractivity contribution is 5.91. The Hall–Kier alpha value is -2.41. The fraction of sp³-hybridized carbons (Fsp3) is 0.526. The Morgan fingerprint density at radius 1 is 1.42 bits per heavy atom. The lowest BCUT2D eigenvalue weighted by molar-refractivity contribution is -0.127. The summed E-state index contributed by atoms with van der Waals surface area (Å²) in [6.07, 6.45) is 8.04. The largest absolute Gasteiger partial charge is 0.384 e. The number of aromatic amines is 1. The van der Waals surface area contributed by atoms with Crippen LogP contribution in [0, 0.1) is 5.92 Å². The minimum absolute atomic E-state index is 0.0190. The number of ether oxygens (including phenoxy) is 1. The van der Waals surface area contributed by atoms with Crippen molar-refractivity contribution in [3.63, 3.8) is 0 Å². The molecule has 2 aliphatic heterocycles. The molecule has 7 nitrogen and oxygen atoms in total. The molecule has 4 heterocycles. The van der Waals surface area contributed by atoms with Crippen molar-refractivity contribution in [3.05, 3.63) is 30.7 Å². The van der Waals surface area contributed by atoms with E-state index in [0.717, 1.165) is 55.7 Å². The maximum atomic E-state index is 12.1. The molecule has 0 bridgehead atoms. The fourth-order valence-electron chi connectivity index (χ4n) is 4.37. The Bertz CT molecular complexity index is 817. The van der Waals surface area contributed by atoms with E-state index in [2.05, 4.69) is 26.4 Å². The molecular formula is C19H25N5O2. The number of amides is 1. The molecule has 1 N–H and O–H groups in total. The molecule has 0 aromatic carbocycles. The number of anilines is 1. The van der Waals surface area contributed by atoms with Crippen molar-refractivity contribution in [2.75, 3.05) is 38.3 Å². The van der Waals surface area contributed by atoms with Crippen molar-refractivity contribution in [2.45, 2.75) is 25.3 Å². The van der Waals surface area contributed by atoms with Crippen molar-refractivity contribution < 1.29 is 9.53 Å². The van der Waals surface area contributed by atoms with Gasteiger partial charge in [0.1, 0.15) is 17.8 Å². The Morgan fingerprint density at radius 3 is 3.08 bits per heavy atom. The Balaban J connectivity index is 1.67. The maximum absolute atomic E-state index is 12.1. The highest BCUT2D eigenvalue weighted by Crippen LogP contribution is 2.37. The first kappa shape index (κ1) is 17.0. The first-order chi connectivity index (χ1) is 12.7. The standard InChI is InChI=1S/C19H25N5O2/c1-3-16(25)23-7-4-13-5-8-24(15(13)11-23)19-17-14(6-9-26-2)10-20-18(17)21-12-22-19/h3,10,12-13,15H,1,4-9,11H2,2H3,(H,20,21,22)/t13-,15-/m1/s1. The molecule has 138 valence electrons. The summed E-state index contributed by atoms with van der Waals surface area (Å²) in [4.78, 5) is 28.7. The average Bonchev–Trinajstić information content (AvgIpc) is 3.29. The van der Waals surface area contributed by atoms with E-state index in [-0.39, 0.29) is 5.91 Å². The normalized spacial score (nSPS) is 22.7. The lowest BCUT2D eigenvalue weighted by atomic mass is 9.92. The van der Waals surface area contributed by atoms with Crippen LogP contribution in [-0.2, 0) is 16.0 Å². The van der Waals surface area contributed by atoms with Gasteiger partial charge in [-0.1, -0.05) is 6.58 Å². The van der Waals surface area contributed by atoms with Crippen LogP contribution < -0.4 is 4.90 Å². The van der Waals surface area contributed by atoms with Crippen molar-refractivity contribution in [1.29, 1.82) is 0 Å². The minimum atomic E-state index is 0.0190. The van der Waals surface area contributed by atoms with Gasteiger partial charge in [0.2, 0.25) is 5.91 Å². The lowest BCUT2D eigenvalue weighted by Crippen LogP contribution is -2.50. The van der Waals surface area contributed by atoms with E-state index >= 15 is 0 Å². The zero-order valence-corrected chi connectivity index (χ0v) is 15.1. The Morgan fingerprint density at radius 2 is 2.27 bits per heavy atom. The summed E-state index contributed by atoms with van der Waals surface area (Å²) in [7, 11) is 1.71. The zero-order valence-electron chi connectivity index (χ0n) is 15.1.